The second-order valence-corrected chi connectivity index (χ2v) is 5.72. The SMILES string of the molecule is CNC1CCC(CNCc2ccc(F)c(C)c2)CC1. The Hall–Kier alpha value is -0.930. The van der Waals surface area contributed by atoms with Crippen LogP contribution in [-0.2, 0) is 6.54 Å². The molecule has 106 valence electrons. The molecule has 0 heterocycles. The molecular weight excluding hydrogens is 239 g/mol. The van der Waals surface area contributed by atoms with Gasteiger partial charge in [0.05, 0.1) is 0 Å². The lowest BCUT2D eigenvalue weighted by molar-refractivity contribution is 0.292. The smallest absolute Gasteiger partial charge is 0.126 e. The van der Waals surface area contributed by atoms with E-state index in [-0.39, 0.29) is 5.82 Å². The molecule has 0 unspecified atom stereocenters. The molecule has 1 saturated carbocycles. The molecule has 2 rings (SSSR count). The fraction of sp³-hybridized carbons (Fsp3) is 0.625. The van der Waals surface area contributed by atoms with Gasteiger partial charge >= 0.3 is 0 Å². The van der Waals surface area contributed by atoms with Crippen LogP contribution in [0.5, 0.6) is 0 Å². The van der Waals surface area contributed by atoms with Crippen LogP contribution in [0.25, 0.3) is 0 Å². The van der Waals surface area contributed by atoms with Crippen molar-refractivity contribution in [3.63, 3.8) is 0 Å². The molecule has 0 spiro atoms. The Kier molecular flexibility index (Phi) is 5.34. The summed E-state index contributed by atoms with van der Waals surface area (Å²) in [5, 5.41) is 6.87. The van der Waals surface area contributed by atoms with Crippen molar-refractivity contribution >= 4 is 0 Å². The van der Waals surface area contributed by atoms with Gasteiger partial charge in [-0.25, -0.2) is 4.39 Å². The molecule has 0 aliphatic heterocycles. The standard InChI is InChI=1S/C16H25FN2/c1-12-9-14(5-8-16(12)17)11-19-10-13-3-6-15(18-2)7-4-13/h5,8-9,13,15,18-19H,3-4,6-7,10-11H2,1-2H3. The molecule has 0 aromatic heterocycles. The predicted octanol–water partition coefficient (Wildman–Crippen LogP) is 3.00. The van der Waals surface area contributed by atoms with Crippen LogP contribution >= 0.6 is 0 Å². The van der Waals surface area contributed by atoms with Gasteiger partial charge in [-0.15, -0.1) is 0 Å². The van der Waals surface area contributed by atoms with Gasteiger partial charge in [0.1, 0.15) is 5.82 Å². The first-order chi connectivity index (χ1) is 9.19. The number of halogens is 1. The third-order valence-corrected chi connectivity index (χ3v) is 4.24. The van der Waals surface area contributed by atoms with E-state index in [1.54, 1.807) is 6.07 Å². The van der Waals surface area contributed by atoms with E-state index in [1.165, 1.54) is 31.2 Å². The molecule has 19 heavy (non-hydrogen) atoms. The number of hydrogen-bond donors (Lipinski definition) is 2. The Balaban J connectivity index is 1.70. The highest BCUT2D eigenvalue weighted by atomic mass is 19.1. The summed E-state index contributed by atoms with van der Waals surface area (Å²) in [5.41, 5.74) is 1.90. The molecule has 1 aromatic rings. The fourth-order valence-electron chi connectivity index (χ4n) is 2.89. The zero-order valence-electron chi connectivity index (χ0n) is 12.0. The Labute approximate surface area is 115 Å². The number of rotatable bonds is 5. The maximum atomic E-state index is 13.2. The number of aryl methyl sites for hydroxylation is 1. The topological polar surface area (TPSA) is 24.1 Å². The summed E-state index contributed by atoms with van der Waals surface area (Å²) >= 11 is 0. The second kappa shape index (κ2) is 7.01. The largest absolute Gasteiger partial charge is 0.317 e. The summed E-state index contributed by atoms with van der Waals surface area (Å²) in [5.74, 6) is 0.681. The zero-order valence-corrected chi connectivity index (χ0v) is 12.0. The number of hydrogen-bond acceptors (Lipinski definition) is 2. The van der Waals surface area contributed by atoms with Crippen LogP contribution in [0.3, 0.4) is 0 Å². The van der Waals surface area contributed by atoms with Crippen LogP contribution in [0.4, 0.5) is 4.39 Å². The van der Waals surface area contributed by atoms with Crippen LogP contribution < -0.4 is 10.6 Å². The van der Waals surface area contributed by atoms with Crippen molar-refractivity contribution in [2.75, 3.05) is 13.6 Å². The summed E-state index contributed by atoms with van der Waals surface area (Å²) in [6.07, 6.45) is 5.19. The average Bonchev–Trinajstić information content (AvgIpc) is 2.43. The van der Waals surface area contributed by atoms with Gasteiger partial charge in [0.2, 0.25) is 0 Å². The first-order valence-corrected chi connectivity index (χ1v) is 7.32. The third-order valence-electron chi connectivity index (χ3n) is 4.24. The van der Waals surface area contributed by atoms with Crippen LogP contribution in [0, 0.1) is 18.7 Å². The molecule has 3 heteroatoms. The first kappa shape index (κ1) is 14.5. The van der Waals surface area contributed by atoms with Crippen molar-refractivity contribution in [1.82, 2.24) is 10.6 Å². The predicted molar refractivity (Wildman–Crippen MR) is 77.6 cm³/mol. The molecule has 1 aromatic carbocycles. The van der Waals surface area contributed by atoms with E-state index >= 15 is 0 Å². The lowest BCUT2D eigenvalue weighted by atomic mass is 9.86. The molecule has 1 fully saturated rings. The van der Waals surface area contributed by atoms with E-state index in [0.717, 1.165) is 30.6 Å². The molecule has 0 bridgehead atoms. The minimum Gasteiger partial charge on any atom is -0.317 e. The Morgan fingerprint density at radius 2 is 1.95 bits per heavy atom. The zero-order chi connectivity index (χ0) is 13.7. The molecule has 0 atom stereocenters. The van der Waals surface area contributed by atoms with Crippen LogP contribution in [0.1, 0.15) is 36.8 Å². The summed E-state index contributed by atoms with van der Waals surface area (Å²) in [6.45, 7) is 3.73. The monoisotopic (exact) mass is 264 g/mol. The lowest BCUT2D eigenvalue weighted by Gasteiger charge is -2.28. The Bertz CT molecular complexity index is 398. The Morgan fingerprint density at radius 3 is 2.58 bits per heavy atom. The van der Waals surface area contributed by atoms with Crippen LogP contribution in [-0.4, -0.2) is 19.6 Å². The van der Waals surface area contributed by atoms with Gasteiger partial charge in [0, 0.05) is 12.6 Å². The minimum atomic E-state index is -0.117. The summed E-state index contributed by atoms with van der Waals surface area (Å²) in [7, 11) is 2.06. The van der Waals surface area contributed by atoms with Gasteiger partial charge in [-0.2, -0.15) is 0 Å². The van der Waals surface area contributed by atoms with E-state index in [2.05, 4.69) is 17.7 Å². The summed E-state index contributed by atoms with van der Waals surface area (Å²) in [4.78, 5) is 0. The van der Waals surface area contributed by atoms with Gasteiger partial charge in [-0.3, -0.25) is 0 Å². The molecule has 0 radical (unpaired) electrons. The molecular formula is C16H25FN2. The van der Waals surface area contributed by atoms with Gasteiger partial charge in [0.15, 0.2) is 0 Å². The molecule has 0 amide bonds. The van der Waals surface area contributed by atoms with Gasteiger partial charge in [-0.1, -0.05) is 12.1 Å². The number of nitrogens with one attached hydrogen (secondary N) is 2. The first-order valence-electron chi connectivity index (χ1n) is 7.32. The van der Waals surface area contributed by atoms with E-state index in [1.807, 2.05) is 19.1 Å². The highest BCUT2D eigenvalue weighted by Gasteiger charge is 2.19. The lowest BCUT2D eigenvalue weighted by Crippen LogP contribution is -2.33. The highest BCUT2D eigenvalue weighted by Crippen LogP contribution is 2.23. The minimum absolute atomic E-state index is 0.117. The van der Waals surface area contributed by atoms with Crippen molar-refractivity contribution < 1.29 is 4.39 Å². The second-order valence-electron chi connectivity index (χ2n) is 5.72. The normalized spacial score (nSPS) is 23.5. The van der Waals surface area contributed by atoms with E-state index < -0.39 is 0 Å². The quantitative estimate of drug-likeness (QED) is 0.854. The maximum Gasteiger partial charge on any atom is 0.126 e. The van der Waals surface area contributed by atoms with Gasteiger partial charge in [0.25, 0.3) is 0 Å². The van der Waals surface area contributed by atoms with Crippen LogP contribution in [0.15, 0.2) is 18.2 Å². The maximum absolute atomic E-state index is 13.2. The summed E-state index contributed by atoms with van der Waals surface area (Å²) in [6, 6.07) is 6.08. The van der Waals surface area contributed by atoms with Gasteiger partial charge < -0.3 is 10.6 Å². The van der Waals surface area contributed by atoms with Crippen molar-refractivity contribution in [2.24, 2.45) is 5.92 Å². The van der Waals surface area contributed by atoms with E-state index in [9.17, 15) is 4.39 Å². The van der Waals surface area contributed by atoms with Crippen molar-refractivity contribution in [3.05, 3.63) is 35.1 Å². The molecule has 0 saturated heterocycles. The summed E-state index contributed by atoms with van der Waals surface area (Å²) < 4.78 is 13.2. The van der Waals surface area contributed by atoms with Gasteiger partial charge in [-0.05, 0) is 69.3 Å². The molecule has 1 aliphatic carbocycles. The third kappa shape index (κ3) is 4.29. The van der Waals surface area contributed by atoms with Crippen LogP contribution in [0.2, 0.25) is 0 Å². The molecule has 2 N–H and O–H groups in total. The van der Waals surface area contributed by atoms with Crippen molar-refractivity contribution in [1.29, 1.82) is 0 Å². The average molecular weight is 264 g/mol. The van der Waals surface area contributed by atoms with E-state index in [0.29, 0.717) is 0 Å². The van der Waals surface area contributed by atoms with Crippen molar-refractivity contribution in [3.8, 4) is 0 Å². The van der Waals surface area contributed by atoms with E-state index in [4.69, 9.17) is 0 Å². The van der Waals surface area contributed by atoms with Crippen molar-refractivity contribution in [2.45, 2.75) is 45.2 Å². The number of benzene rings is 1. The molecule has 1 aliphatic rings. The Morgan fingerprint density at radius 1 is 1.21 bits per heavy atom. The molecule has 2 nitrogen and oxygen atoms in total. The highest BCUT2D eigenvalue weighted by molar-refractivity contribution is 5.23. The fourth-order valence-corrected chi connectivity index (χ4v) is 2.89.